The monoisotopic (exact) mass is 1120 g/mol. The van der Waals surface area contributed by atoms with Crippen LogP contribution in [-0.4, -0.2) is 8.80 Å². The molecule has 88 heavy (non-hydrogen) atoms. The topological polar surface area (TPSA) is 8.82 Å². The Balaban J connectivity index is 0.996. The first-order valence-electron chi connectivity index (χ1n) is 32.7. The fourth-order valence-electron chi connectivity index (χ4n) is 18.3. The lowest BCUT2D eigenvalue weighted by Crippen LogP contribution is -2.28. The Morgan fingerprint density at radius 2 is 0.614 bits per heavy atom. The molecule has 6 aliphatic carbocycles. The summed E-state index contributed by atoms with van der Waals surface area (Å²) in [4.78, 5) is 0. The van der Waals surface area contributed by atoms with Crippen molar-refractivity contribution in [3.63, 3.8) is 0 Å². The van der Waals surface area contributed by atoms with Gasteiger partial charge >= 0.3 is 0 Å². The van der Waals surface area contributed by atoms with E-state index in [1.54, 1.807) is 0 Å². The van der Waals surface area contributed by atoms with Crippen molar-refractivity contribution < 1.29 is 2.74 Å². The number of benzene rings is 13. The van der Waals surface area contributed by atoms with Gasteiger partial charge in [0.15, 0.2) is 0 Å². The van der Waals surface area contributed by atoms with Gasteiger partial charge in [-0.2, -0.15) is 0 Å². The molecule has 4 heterocycles. The van der Waals surface area contributed by atoms with E-state index in [4.69, 9.17) is 0 Å². The predicted octanol–water partition coefficient (Wildman–Crippen LogP) is 22.2. The van der Waals surface area contributed by atoms with Crippen molar-refractivity contribution in [3.8, 4) is 22.3 Å². The highest BCUT2D eigenvalue weighted by molar-refractivity contribution is 6.41. The molecule has 0 aliphatic heterocycles. The molecule has 414 valence electrons. The lowest BCUT2D eigenvalue weighted by Gasteiger charge is -2.43. The fraction of sp³-hybridized carbons (Fsp3) is 0.140. The molecule has 2 nitrogen and oxygen atoms in total. The minimum atomic E-state index is -0.0933. The van der Waals surface area contributed by atoms with Crippen molar-refractivity contribution >= 4 is 97.7 Å². The number of rotatable bonds is 2. The van der Waals surface area contributed by atoms with E-state index in [0.29, 0.717) is 12.1 Å². The van der Waals surface area contributed by atoms with E-state index in [2.05, 4.69) is 269 Å². The standard InChI is InChI=1S/C86H60N2/c1-85(2,3)49-33-35-51-47(39-49)41-63-73-65(87-67-43-61(45-21-9-7-10-22-45)75-69-53-25-13-17-29-57(53)71(58-30-18-14-26-54(58)69)81(75)79(67)77(51)83(63)87)37-38-66-74(73)64-42-48-40-50(86(4,5)6)34-36-52(48)78-80-68(88(66)84(64)78)44-62(46-23-11-8-12-24-46)76-70-55-27-15-19-31-59(55)72(82(76)80)60-32-20-16-28-56(60)70/h7-44,69-72H,1-6H3/i43D,44D. The van der Waals surface area contributed by atoms with E-state index >= 15 is 0 Å². The third-order valence-corrected chi connectivity index (χ3v) is 21.9. The van der Waals surface area contributed by atoms with E-state index in [9.17, 15) is 2.74 Å². The summed E-state index contributed by atoms with van der Waals surface area (Å²) in [5.41, 5.74) is 29.3. The summed E-state index contributed by atoms with van der Waals surface area (Å²) in [7, 11) is 0. The second kappa shape index (κ2) is 16.1. The second-order valence-corrected chi connectivity index (χ2v) is 28.3. The SMILES string of the molecule is [2H]c1c(-c2ccccc2)c2c(c3c4c5ccc(C(C)(C)C)cc5cc5c6c7c8cc9cc(C(C)(C)C)ccc9c9c%10c%11c(c(-c%12ccccc%12)c([2H])c%10n(c7ccc6n(c13)c54)c89)C1c3ccccc3C%11c3ccccc31)C1c3ccccc3C2c2ccccc21. The Morgan fingerprint density at radius 3 is 0.943 bits per heavy atom. The third kappa shape index (κ3) is 5.73. The van der Waals surface area contributed by atoms with Gasteiger partial charge in [-0.3, -0.25) is 0 Å². The molecule has 0 atom stereocenters. The maximum absolute atomic E-state index is 11.2. The van der Waals surface area contributed by atoms with Crippen molar-refractivity contribution in [2.75, 3.05) is 0 Å². The maximum atomic E-state index is 11.2. The molecule has 4 aromatic heterocycles. The Labute approximate surface area is 513 Å². The van der Waals surface area contributed by atoms with E-state index in [0.717, 1.165) is 44.3 Å². The van der Waals surface area contributed by atoms with Gasteiger partial charge in [0.1, 0.15) is 0 Å². The van der Waals surface area contributed by atoms with E-state index < -0.39 is 0 Å². The van der Waals surface area contributed by atoms with Crippen LogP contribution in [0.1, 0.15) is 146 Å². The zero-order valence-electron chi connectivity index (χ0n) is 52.0. The van der Waals surface area contributed by atoms with Gasteiger partial charge in [-0.1, -0.05) is 236 Å². The first-order valence-corrected chi connectivity index (χ1v) is 31.7. The number of nitrogens with zero attached hydrogens (tertiary/aromatic N) is 2. The quantitative estimate of drug-likeness (QED) is 0.163. The molecular formula is C86H60N2. The number of hydrogen-bond acceptors (Lipinski definition) is 0. The smallest absolute Gasteiger partial charge is 0.0652 e. The molecule has 2 heteroatoms. The number of aromatic nitrogens is 2. The number of fused-ring (bicyclic) bond motifs is 17. The second-order valence-electron chi connectivity index (χ2n) is 28.3. The Bertz CT molecular complexity index is 5670. The van der Waals surface area contributed by atoms with Gasteiger partial charge in [0.25, 0.3) is 0 Å². The maximum Gasteiger partial charge on any atom is 0.0652 e. The molecule has 0 N–H and O–H groups in total. The van der Waals surface area contributed by atoms with Crippen LogP contribution < -0.4 is 0 Å². The van der Waals surface area contributed by atoms with Crippen LogP contribution in [0.3, 0.4) is 0 Å². The van der Waals surface area contributed by atoms with Gasteiger partial charge < -0.3 is 8.80 Å². The highest BCUT2D eigenvalue weighted by atomic mass is 14.9. The summed E-state index contributed by atoms with van der Waals surface area (Å²) in [5.74, 6) is -0.125. The van der Waals surface area contributed by atoms with Crippen LogP contribution in [0.25, 0.3) is 120 Å². The van der Waals surface area contributed by atoms with Gasteiger partial charge in [-0.15, -0.1) is 0 Å². The summed E-state index contributed by atoms with van der Waals surface area (Å²) < 4.78 is 27.5. The first kappa shape index (κ1) is 46.2. The average Bonchev–Trinajstić information content (AvgIpc) is 1.30. The van der Waals surface area contributed by atoms with E-state index in [1.165, 1.54) is 154 Å². The van der Waals surface area contributed by atoms with Crippen LogP contribution in [0.2, 0.25) is 0 Å². The van der Waals surface area contributed by atoms with Gasteiger partial charge in [-0.25, -0.2) is 0 Å². The van der Waals surface area contributed by atoms with Crippen LogP contribution >= 0.6 is 0 Å². The molecule has 13 aromatic carbocycles. The highest BCUT2D eigenvalue weighted by Crippen LogP contribution is 2.64. The largest absolute Gasteiger partial charge is 0.308 e. The molecule has 0 radical (unpaired) electrons. The molecule has 0 amide bonds. The summed E-state index contributed by atoms with van der Waals surface area (Å²) in [5, 5.41) is 14.6. The van der Waals surface area contributed by atoms with Crippen LogP contribution in [-0.2, 0) is 10.8 Å². The van der Waals surface area contributed by atoms with Gasteiger partial charge in [0, 0.05) is 66.8 Å². The summed E-state index contributed by atoms with van der Waals surface area (Å²) >= 11 is 0. The Morgan fingerprint density at radius 1 is 0.295 bits per heavy atom. The first-order chi connectivity index (χ1) is 43.8. The van der Waals surface area contributed by atoms with Crippen molar-refractivity contribution in [3.05, 3.63) is 308 Å². The Hall–Kier alpha value is -10.0. The predicted molar refractivity (Wildman–Crippen MR) is 369 cm³/mol. The van der Waals surface area contributed by atoms with Gasteiger partial charge in [0.05, 0.1) is 35.8 Å². The lowest BCUT2D eigenvalue weighted by molar-refractivity contribution is 0.591. The lowest BCUT2D eigenvalue weighted by atomic mass is 9.59. The molecule has 0 saturated heterocycles. The molecule has 0 saturated carbocycles. The molecule has 0 spiro atoms. The van der Waals surface area contributed by atoms with Crippen molar-refractivity contribution in [1.82, 2.24) is 8.80 Å². The Kier molecular flexibility index (Phi) is 8.47. The van der Waals surface area contributed by atoms with Crippen molar-refractivity contribution in [2.45, 2.75) is 76.0 Å². The normalized spacial score (nSPS) is 17.8. The molecular weight excluding hydrogens is 1060 g/mol. The molecule has 6 aliphatic rings. The molecule has 4 bridgehead atoms. The minimum Gasteiger partial charge on any atom is -0.308 e. The molecule has 17 aromatic rings. The van der Waals surface area contributed by atoms with E-state index in [1.807, 2.05) is 0 Å². The minimum absolute atomic E-state index is 0.0284. The van der Waals surface area contributed by atoms with Crippen molar-refractivity contribution in [1.29, 1.82) is 0 Å². The highest BCUT2D eigenvalue weighted by Gasteiger charge is 2.47. The van der Waals surface area contributed by atoms with Gasteiger partial charge in [-0.05, 0) is 169 Å². The van der Waals surface area contributed by atoms with E-state index in [-0.39, 0.29) is 34.5 Å². The number of hydrogen-bond donors (Lipinski definition) is 0. The zero-order valence-corrected chi connectivity index (χ0v) is 50.0. The van der Waals surface area contributed by atoms with Crippen LogP contribution in [0.4, 0.5) is 0 Å². The summed E-state index contributed by atoms with van der Waals surface area (Å²) in [6.07, 6.45) is 0. The van der Waals surface area contributed by atoms with Crippen LogP contribution in [0, 0.1) is 0 Å². The zero-order chi connectivity index (χ0) is 59.9. The third-order valence-electron chi connectivity index (χ3n) is 21.9. The van der Waals surface area contributed by atoms with Crippen molar-refractivity contribution in [2.24, 2.45) is 0 Å². The summed E-state index contributed by atoms with van der Waals surface area (Å²) in [6.45, 7) is 14.0. The average molecular weight is 1120 g/mol. The van der Waals surface area contributed by atoms with Crippen LogP contribution in [0.15, 0.2) is 230 Å². The van der Waals surface area contributed by atoms with Gasteiger partial charge in [0.2, 0.25) is 0 Å². The fourth-order valence-corrected chi connectivity index (χ4v) is 18.3. The summed E-state index contributed by atoms with van der Waals surface area (Å²) in [6, 6.07) is 84.0. The molecule has 0 fully saturated rings. The van der Waals surface area contributed by atoms with Crippen LogP contribution in [0.5, 0.6) is 0 Å². The molecule has 23 rings (SSSR count). The molecule has 0 unspecified atom stereocenters.